The van der Waals surface area contributed by atoms with Crippen LogP contribution in [0.1, 0.15) is 40.0 Å². The summed E-state index contributed by atoms with van der Waals surface area (Å²) >= 11 is 0. The first-order chi connectivity index (χ1) is 9.02. The van der Waals surface area contributed by atoms with Crippen molar-refractivity contribution in [1.29, 1.82) is 0 Å². The van der Waals surface area contributed by atoms with Gasteiger partial charge in [0, 0.05) is 25.6 Å². The Hall–Kier alpha value is -1.10. The first-order valence-corrected chi connectivity index (χ1v) is 7.28. The van der Waals surface area contributed by atoms with Crippen molar-refractivity contribution in [2.24, 2.45) is 11.3 Å². The van der Waals surface area contributed by atoms with Gasteiger partial charge in [0.2, 0.25) is 11.8 Å². The second-order valence-corrected chi connectivity index (χ2v) is 5.62. The van der Waals surface area contributed by atoms with Crippen molar-refractivity contribution >= 4 is 11.8 Å². The van der Waals surface area contributed by atoms with Gasteiger partial charge in [-0.25, -0.2) is 0 Å². The average molecular weight is 269 g/mol. The Kier molecular flexibility index (Phi) is 6.28. The highest BCUT2D eigenvalue weighted by molar-refractivity contribution is 5.83. The van der Waals surface area contributed by atoms with Crippen molar-refractivity contribution in [1.82, 2.24) is 16.0 Å². The molecule has 0 aliphatic carbocycles. The monoisotopic (exact) mass is 269 g/mol. The van der Waals surface area contributed by atoms with Crippen molar-refractivity contribution in [3.05, 3.63) is 0 Å². The minimum Gasteiger partial charge on any atom is -0.354 e. The smallest absolute Gasteiger partial charge is 0.227 e. The standard InChI is InChI=1S/C14H27N3O2/c1-4-14(6-5-7-15-10-14)13(19)17-9-8-16-12(18)11(2)3/h11,15H,4-10H2,1-3H3,(H,16,18)(H,17,19). The number of hydrogen-bond donors (Lipinski definition) is 3. The van der Waals surface area contributed by atoms with Gasteiger partial charge in [-0.15, -0.1) is 0 Å². The fourth-order valence-corrected chi connectivity index (χ4v) is 2.38. The number of nitrogens with one attached hydrogen (secondary N) is 3. The van der Waals surface area contributed by atoms with Gasteiger partial charge >= 0.3 is 0 Å². The summed E-state index contributed by atoms with van der Waals surface area (Å²) in [6, 6.07) is 0. The molecule has 2 amide bonds. The second kappa shape index (κ2) is 7.48. The van der Waals surface area contributed by atoms with Gasteiger partial charge in [0.15, 0.2) is 0 Å². The molecule has 0 spiro atoms. The van der Waals surface area contributed by atoms with E-state index >= 15 is 0 Å². The van der Waals surface area contributed by atoms with E-state index in [1.54, 1.807) is 0 Å². The molecule has 1 rings (SSSR count). The van der Waals surface area contributed by atoms with Crippen LogP contribution in [0.15, 0.2) is 0 Å². The summed E-state index contributed by atoms with van der Waals surface area (Å²) in [5.74, 6) is 0.125. The Bertz CT molecular complexity index is 310. The lowest BCUT2D eigenvalue weighted by Gasteiger charge is -2.35. The molecule has 1 atom stereocenters. The third-order valence-corrected chi connectivity index (χ3v) is 3.86. The molecule has 5 nitrogen and oxygen atoms in total. The van der Waals surface area contributed by atoms with Crippen LogP contribution in [0.4, 0.5) is 0 Å². The second-order valence-electron chi connectivity index (χ2n) is 5.62. The van der Waals surface area contributed by atoms with Gasteiger partial charge in [-0.1, -0.05) is 20.8 Å². The molecule has 19 heavy (non-hydrogen) atoms. The lowest BCUT2D eigenvalue weighted by Crippen LogP contribution is -2.51. The summed E-state index contributed by atoms with van der Waals surface area (Å²) in [6.45, 7) is 8.52. The van der Waals surface area contributed by atoms with Crippen molar-refractivity contribution < 1.29 is 9.59 Å². The van der Waals surface area contributed by atoms with E-state index in [0.717, 1.165) is 32.4 Å². The predicted molar refractivity (Wildman–Crippen MR) is 75.7 cm³/mol. The third kappa shape index (κ3) is 4.49. The van der Waals surface area contributed by atoms with E-state index < -0.39 is 0 Å². The first kappa shape index (κ1) is 16.0. The molecular weight excluding hydrogens is 242 g/mol. The van der Waals surface area contributed by atoms with Crippen molar-refractivity contribution in [2.45, 2.75) is 40.0 Å². The fraction of sp³-hybridized carbons (Fsp3) is 0.857. The van der Waals surface area contributed by atoms with Gasteiger partial charge < -0.3 is 16.0 Å². The molecule has 110 valence electrons. The highest BCUT2D eigenvalue weighted by Gasteiger charge is 2.37. The Labute approximate surface area is 115 Å². The third-order valence-electron chi connectivity index (χ3n) is 3.86. The van der Waals surface area contributed by atoms with E-state index in [1.165, 1.54) is 0 Å². The number of carbonyl (C=O) groups is 2. The van der Waals surface area contributed by atoms with Gasteiger partial charge in [-0.3, -0.25) is 9.59 Å². The summed E-state index contributed by atoms with van der Waals surface area (Å²) in [5, 5.41) is 9.05. The van der Waals surface area contributed by atoms with E-state index in [-0.39, 0.29) is 23.1 Å². The molecule has 0 aromatic rings. The maximum absolute atomic E-state index is 12.3. The maximum atomic E-state index is 12.3. The van der Waals surface area contributed by atoms with Crippen LogP contribution in [0.5, 0.6) is 0 Å². The summed E-state index contributed by atoms with van der Waals surface area (Å²) in [5.41, 5.74) is -0.264. The molecule has 1 fully saturated rings. The molecule has 1 heterocycles. The minimum absolute atomic E-state index is 0.0137. The van der Waals surface area contributed by atoms with Crippen molar-refractivity contribution in [2.75, 3.05) is 26.2 Å². The van der Waals surface area contributed by atoms with Gasteiger partial charge in [-0.2, -0.15) is 0 Å². The molecule has 3 N–H and O–H groups in total. The largest absolute Gasteiger partial charge is 0.354 e. The number of hydrogen-bond acceptors (Lipinski definition) is 3. The SMILES string of the molecule is CCC1(C(=O)NCCNC(=O)C(C)C)CCCNC1. The van der Waals surface area contributed by atoms with Gasteiger partial charge in [-0.05, 0) is 25.8 Å². The Morgan fingerprint density at radius 2 is 1.95 bits per heavy atom. The Balaban J connectivity index is 2.31. The van der Waals surface area contributed by atoms with Gasteiger partial charge in [0.1, 0.15) is 0 Å². The van der Waals surface area contributed by atoms with Crippen LogP contribution in [0.25, 0.3) is 0 Å². The number of rotatable bonds is 6. The van der Waals surface area contributed by atoms with Crippen LogP contribution < -0.4 is 16.0 Å². The van der Waals surface area contributed by atoms with Crippen LogP contribution in [-0.4, -0.2) is 38.0 Å². The highest BCUT2D eigenvalue weighted by atomic mass is 16.2. The number of carbonyl (C=O) groups excluding carboxylic acids is 2. The highest BCUT2D eigenvalue weighted by Crippen LogP contribution is 2.29. The molecule has 0 aromatic heterocycles. The fourth-order valence-electron chi connectivity index (χ4n) is 2.38. The van der Waals surface area contributed by atoms with E-state index in [1.807, 2.05) is 13.8 Å². The molecule has 5 heteroatoms. The Morgan fingerprint density at radius 3 is 2.47 bits per heavy atom. The summed E-state index contributed by atoms with van der Waals surface area (Å²) in [6.07, 6.45) is 2.84. The van der Waals surface area contributed by atoms with Crippen LogP contribution in [0, 0.1) is 11.3 Å². The molecule has 1 aliphatic rings. The van der Waals surface area contributed by atoms with Gasteiger partial charge in [0.25, 0.3) is 0 Å². The summed E-state index contributed by atoms with van der Waals surface area (Å²) < 4.78 is 0. The van der Waals surface area contributed by atoms with Crippen LogP contribution in [0.3, 0.4) is 0 Å². The van der Waals surface area contributed by atoms with E-state index in [2.05, 4.69) is 22.9 Å². The maximum Gasteiger partial charge on any atom is 0.227 e. The van der Waals surface area contributed by atoms with E-state index in [4.69, 9.17) is 0 Å². The zero-order valence-corrected chi connectivity index (χ0v) is 12.3. The van der Waals surface area contributed by atoms with Crippen LogP contribution >= 0.6 is 0 Å². The zero-order valence-electron chi connectivity index (χ0n) is 12.3. The lowest BCUT2D eigenvalue weighted by atomic mass is 9.77. The molecule has 1 unspecified atom stereocenters. The molecule has 1 aliphatic heterocycles. The molecule has 0 saturated carbocycles. The molecule has 1 saturated heterocycles. The number of piperidine rings is 1. The van der Waals surface area contributed by atoms with E-state index in [9.17, 15) is 9.59 Å². The van der Waals surface area contributed by atoms with Crippen LogP contribution in [0.2, 0.25) is 0 Å². The Morgan fingerprint density at radius 1 is 1.26 bits per heavy atom. The number of amides is 2. The molecule has 0 aromatic carbocycles. The topological polar surface area (TPSA) is 70.2 Å². The van der Waals surface area contributed by atoms with E-state index in [0.29, 0.717) is 13.1 Å². The molecule has 0 bridgehead atoms. The molecular formula is C14H27N3O2. The predicted octanol–water partition coefficient (Wildman–Crippen LogP) is 0.655. The lowest BCUT2D eigenvalue weighted by molar-refractivity contribution is -0.132. The van der Waals surface area contributed by atoms with Crippen molar-refractivity contribution in [3.8, 4) is 0 Å². The van der Waals surface area contributed by atoms with Crippen LogP contribution in [-0.2, 0) is 9.59 Å². The minimum atomic E-state index is -0.264. The zero-order chi connectivity index (χ0) is 14.3. The van der Waals surface area contributed by atoms with Crippen molar-refractivity contribution in [3.63, 3.8) is 0 Å². The summed E-state index contributed by atoms with van der Waals surface area (Å²) in [4.78, 5) is 23.6. The average Bonchev–Trinajstić information content (AvgIpc) is 2.43. The normalized spacial score (nSPS) is 23.2. The summed E-state index contributed by atoms with van der Waals surface area (Å²) in [7, 11) is 0. The van der Waals surface area contributed by atoms with Gasteiger partial charge in [0.05, 0.1) is 5.41 Å². The first-order valence-electron chi connectivity index (χ1n) is 7.28. The molecule has 0 radical (unpaired) electrons. The quantitative estimate of drug-likeness (QED) is 0.620.